The molecule has 122 valence electrons. The molecule has 1 aromatic rings. The second kappa shape index (κ2) is 7.39. The number of pyridine rings is 1. The number of amides is 1. The fourth-order valence-electron chi connectivity index (χ4n) is 1.50. The van der Waals surface area contributed by atoms with Crippen LogP contribution >= 0.6 is 15.9 Å². The number of nitrogens with one attached hydrogen (secondary N) is 1. The third kappa shape index (κ3) is 5.84. The van der Waals surface area contributed by atoms with E-state index in [-0.39, 0.29) is 11.5 Å². The number of anilines is 1. The highest BCUT2D eigenvalue weighted by Crippen LogP contribution is 2.24. The lowest BCUT2D eigenvalue weighted by molar-refractivity contribution is -0.388. The van der Waals surface area contributed by atoms with Crippen molar-refractivity contribution in [1.82, 2.24) is 9.88 Å². The SMILES string of the molecule is CN(CCNc1cc(Br)cnc1[N+](=O)[O-])C(=O)OC(C)(C)C. The van der Waals surface area contributed by atoms with Crippen LogP contribution in [-0.4, -0.2) is 46.6 Å². The van der Waals surface area contributed by atoms with Gasteiger partial charge in [-0.2, -0.15) is 0 Å². The highest BCUT2D eigenvalue weighted by Gasteiger charge is 2.20. The zero-order valence-corrected chi connectivity index (χ0v) is 14.5. The summed E-state index contributed by atoms with van der Waals surface area (Å²) in [4.78, 5) is 27.3. The van der Waals surface area contributed by atoms with E-state index in [4.69, 9.17) is 4.74 Å². The minimum absolute atomic E-state index is 0.261. The summed E-state index contributed by atoms with van der Waals surface area (Å²) in [7, 11) is 1.60. The van der Waals surface area contributed by atoms with E-state index < -0.39 is 16.6 Å². The molecule has 0 aliphatic carbocycles. The molecule has 1 heterocycles. The predicted molar refractivity (Wildman–Crippen MR) is 85.9 cm³/mol. The Morgan fingerprint density at radius 3 is 2.73 bits per heavy atom. The van der Waals surface area contributed by atoms with Crippen LogP contribution in [0, 0.1) is 10.1 Å². The fraction of sp³-hybridized carbons (Fsp3) is 0.538. The summed E-state index contributed by atoms with van der Waals surface area (Å²) in [5.74, 6) is -0.261. The lowest BCUT2D eigenvalue weighted by atomic mass is 10.2. The topological polar surface area (TPSA) is 97.6 Å². The summed E-state index contributed by atoms with van der Waals surface area (Å²) >= 11 is 3.21. The highest BCUT2D eigenvalue weighted by atomic mass is 79.9. The maximum atomic E-state index is 11.8. The summed E-state index contributed by atoms with van der Waals surface area (Å²) in [5, 5.41) is 13.8. The van der Waals surface area contributed by atoms with E-state index in [1.165, 1.54) is 11.1 Å². The van der Waals surface area contributed by atoms with Gasteiger partial charge in [0, 0.05) is 20.1 Å². The number of carbonyl (C=O) groups is 1. The van der Waals surface area contributed by atoms with E-state index in [0.29, 0.717) is 17.6 Å². The van der Waals surface area contributed by atoms with Crippen molar-refractivity contribution >= 4 is 33.5 Å². The Bertz CT molecular complexity index is 559. The second-order valence-corrected chi connectivity index (χ2v) is 6.53. The van der Waals surface area contributed by atoms with E-state index >= 15 is 0 Å². The predicted octanol–water partition coefficient (Wildman–Crippen LogP) is 3.03. The minimum atomic E-state index is -0.564. The zero-order chi connectivity index (χ0) is 16.9. The molecule has 0 spiro atoms. The smallest absolute Gasteiger partial charge is 0.410 e. The second-order valence-electron chi connectivity index (χ2n) is 5.61. The van der Waals surface area contributed by atoms with Gasteiger partial charge in [0.05, 0.1) is 4.47 Å². The van der Waals surface area contributed by atoms with Crippen molar-refractivity contribution in [3.8, 4) is 0 Å². The molecule has 0 unspecified atom stereocenters. The highest BCUT2D eigenvalue weighted by molar-refractivity contribution is 9.10. The summed E-state index contributed by atoms with van der Waals surface area (Å²) in [6, 6.07) is 1.57. The van der Waals surface area contributed by atoms with Crippen LogP contribution in [0.4, 0.5) is 16.3 Å². The number of likely N-dealkylation sites (N-methyl/N-ethyl adjacent to an activating group) is 1. The summed E-state index contributed by atoms with van der Waals surface area (Å²) in [6.07, 6.45) is 0.909. The first-order valence-electron chi connectivity index (χ1n) is 6.58. The summed E-state index contributed by atoms with van der Waals surface area (Å²) < 4.78 is 5.84. The van der Waals surface area contributed by atoms with Gasteiger partial charge < -0.3 is 25.1 Å². The number of halogens is 1. The number of hydrogen-bond donors (Lipinski definition) is 1. The minimum Gasteiger partial charge on any atom is -0.444 e. The Hall–Kier alpha value is -1.90. The normalized spacial score (nSPS) is 11.0. The van der Waals surface area contributed by atoms with E-state index in [1.807, 2.05) is 0 Å². The van der Waals surface area contributed by atoms with Crippen molar-refractivity contribution in [2.45, 2.75) is 26.4 Å². The molecule has 0 aliphatic rings. The van der Waals surface area contributed by atoms with Crippen molar-refractivity contribution in [3.05, 3.63) is 26.9 Å². The Morgan fingerprint density at radius 1 is 1.55 bits per heavy atom. The quantitative estimate of drug-likeness (QED) is 0.628. The lowest BCUT2D eigenvalue weighted by Gasteiger charge is -2.24. The van der Waals surface area contributed by atoms with Gasteiger partial charge in [-0.15, -0.1) is 0 Å². The van der Waals surface area contributed by atoms with Gasteiger partial charge in [-0.05, 0) is 52.7 Å². The molecule has 0 radical (unpaired) electrons. The van der Waals surface area contributed by atoms with Gasteiger partial charge in [-0.25, -0.2) is 4.79 Å². The Labute approximate surface area is 137 Å². The van der Waals surface area contributed by atoms with Gasteiger partial charge in [0.2, 0.25) is 0 Å². The molecule has 1 amide bonds. The monoisotopic (exact) mass is 374 g/mol. The van der Waals surface area contributed by atoms with Crippen molar-refractivity contribution < 1.29 is 14.5 Å². The molecule has 0 atom stereocenters. The Balaban J connectivity index is 2.59. The average molecular weight is 375 g/mol. The number of ether oxygens (including phenoxy) is 1. The molecule has 0 saturated heterocycles. The summed E-state index contributed by atoms with van der Waals surface area (Å²) in [5.41, 5.74) is -0.275. The van der Waals surface area contributed by atoms with Gasteiger partial charge in [0.25, 0.3) is 0 Å². The molecular weight excluding hydrogens is 356 g/mol. The first kappa shape index (κ1) is 18.1. The average Bonchev–Trinajstić information content (AvgIpc) is 2.36. The van der Waals surface area contributed by atoms with Crippen LogP contribution in [0.3, 0.4) is 0 Å². The number of aromatic nitrogens is 1. The largest absolute Gasteiger partial charge is 0.444 e. The van der Waals surface area contributed by atoms with Crippen LogP contribution in [0.2, 0.25) is 0 Å². The van der Waals surface area contributed by atoms with Gasteiger partial charge in [-0.1, -0.05) is 0 Å². The van der Waals surface area contributed by atoms with Crippen molar-refractivity contribution in [2.75, 3.05) is 25.5 Å². The molecule has 22 heavy (non-hydrogen) atoms. The van der Waals surface area contributed by atoms with Crippen LogP contribution in [0.15, 0.2) is 16.7 Å². The van der Waals surface area contributed by atoms with E-state index in [2.05, 4.69) is 26.2 Å². The van der Waals surface area contributed by atoms with Gasteiger partial charge in [0.15, 0.2) is 6.20 Å². The first-order chi connectivity index (χ1) is 10.1. The van der Waals surface area contributed by atoms with Crippen LogP contribution < -0.4 is 5.32 Å². The molecule has 8 nitrogen and oxygen atoms in total. The number of hydrogen-bond acceptors (Lipinski definition) is 6. The number of rotatable bonds is 5. The van der Waals surface area contributed by atoms with Crippen LogP contribution in [0.25, 0.3) is 0 Å². The maximum absolute atomic E-state index is 11.8. The first-order valence-corrected chi connectivity index (χ1v) is 7.37. The third-order valence-electron chi connectivity index (χ3n) is 2.47. The summed E-state index contributed by atoms with van der Waals surface area (Å²) in [6.45, 7) is 6.02. The lowest BCUT2D eigenvalue weighted by Crippen LogP contribution is -2.36. The Morgan fingerprint density at radius 2 is 2.18 bits per heavy atom. The standard InChI is InChI=1S/C13H19BrN4O4/c1-13(2,3)22-12(19)17(4)6-5-15-10-7-9(14)8-16-11(10)18(20)21/h7-8,15H,5-6H2,1-4H3. The molecule has 0 bridgehead atoms. The maximum Gasteiger partial charge on any atom is 0.410 e. The molecule has 1 N–H and O–H groups in total. The number of carbonyl (C=O) groups excluding carboxylic acids is 1. The van der Waals surface area contributed by atoms with Crippen molar-refractivity contribution in [3.63, 3.8) is 0 Å². The van der Waals surface area contributed by atoms with Crippen LogP contribution in [-0.2, 0) is 4.74 Å². The molecule has 0 aromatic carbocycles. The van der Waals surface area contributed by atoms with Crippen LogP contribution in [0.5, 0.6) is 0 Å². The molecule has 1 aromatic heterocycles. The fourth-order valence-corrected chi connectivity index (χ4v) is 1.83. The molecule has 0 fully saturated rings. The van der Waals surface area contributed by atoms with Gasteiger partial charge in [-0.3, -0.25) is 0 Å². The molecule has 0 aliphatic heterocycles. The molecular formula is C13H19BrN4O4. The van der Waals surface area contributed by atoms with E-state index in [0.717, 1.165) is 0 Å². The van der Waals surface area contributed by atoms with E-state index in [9.17, 15) is 14.9 Å². The number of nitrogens with zero attached hydrogens (tertiary/aromatic N) is 3. The third-order valence-corrected chi connectivity index (χ3v) is 2.91. The van der Waals surface area contributed by atoms with Crippen LogP contribution in [0.1, 0.15) is 20.8 Å². The van der Waals surface area contributed by atoms with Crippen molar-refractivity contribution in [2.24, 2.45) is 0 Å². The van der Waals surface area contributed by atoms with Crippen molar-refractivity contribution in [1.29, 1.82) is 0 Å². The van der Waals surface area contributed by atoms with Gasteiger partial charge >= 0.3 is 11.9 Å². The Kier molecular flexibility index (Phi) is 6.10. The molecule has 0 saturated carbocycles. The molecule has 9 heteroatoms. The van der Waals surface area contributed by atoms with E-state index in [1.54, 1.807) is 33.9 Å². The molecule has 1 rings (SSSR count). The number of nitro groups is 1. The van der Waals surface area contributed by atoms with Gasteiger partial charge in [0.1, 0.15) is 11.3 Å². The zero-order valence-electron chi connectivity index (χ0n) is 12.9.